The number of rotatable bonds is 4. The van der Waals surface area contributed by atoms with Crippen molar-refractivity contribution in [2.75, 3.05) is 0 Å². The van der Waals surface area contributed by atoms with Gasteiger partial charge in [-0.3, -0.25) is 0 Å². The molecule has 11 rings (SSSR count). The molecule has 0 N–H and O–H groups in total. The van der Waals surface area contributed by atoms with Crippen molar-refractivity contribution >= 4 is 0 Å². The summed E-state index contributed by atoms with van der Waals surface area (Å²) in [5, 5.41) is 0. The maximum absolute atomic E-state index is 5.36. The number of benzene rings is 8. The van der Waals surface area contributed by atoms with Gasteiger partial charge in [0.1, 0.15) is 0 Å². The highest BCUT2D eigenvalue weighted by Gasteiger charge is 2.49. The first-order valence-electron chi connectivity index (χ1n) is 18.9. The maximum Gasteiger partial charge on any atom is 0.160 e. The summed E-state index contributed by atoms with van der Waals surface area (Å²) < 4.78 is 0. The van der Waals surface area contributed by atoms with Crippen molar-refractivity contribution in [3.05, 3.63) is 229 Å². The molecule has 0 amide bonds. The molecule has 55 heavy (non-hydrogen) atoms. The fourth-order valence-corrected chi connectivity index (χ4v) is 9.13. The molecule has 8 aromatic carbocycles. The van der Waals surface area contributed by atoms with Crippen LogP contribution in [0.3, 0.4) is 0 Å². The van der Waals surface area contributed by atoms with Crippen LogP contribution in [0, 0.1) is 0 Å². The minimum Gasteiger partial charge on any atom is -0.228 e. The van der Waals surface area contributed by atoms with Crippen LogP contribution in [0.4, 0.5) is 0 Å². The molecule has 2 aliphatic rings. The van der Waals surface area contributed by atoms with E-state index in [2.05, 4.69) is 194 Å². The molecule has 0 atom stereocenters. The Labute approximate surface area is 321 Å². The first-order valence-corrected chi connectivity index (χ1v) is 18.9. The molecule has 2 heteroatoms. The van der Waals surface area contributed by atoms with Gasteiger partial charge in [-0.1, -0.05) is 194 Å². The number of fused-ring (bicyclic) bond motifs is 12. The summed E-state index contributed by atoms with van der Waals surface area (Å²) in [6, 6.07) is 74.6. The molecule has 2 nitrogen and oxygen atoms in total. The first-order chi connectivity index (χ1) is 27.3. The van der Waals surface area contributed by atoms with Gasteiger partial charge < -0.3 is 0 Å². The molecule has 2 aliphatic carbocycles. The number of nitrogens with zero attached hydrogens (tertiary/aromatic N) is 2. The average molecular weight is 699 g/mol. The van der Waals surface area contributed by atoms with Gasteiger partial charge >= 0.3 is 0 Å². The molecule has 0 fully saturated rings. The van der Waals surface area contributed by atoms with Gasteiger partial charge in [-0.05, 0) is 78.9 Å². The lowest BCUT2D eigenvalue weighted by atomic mass is 9.65. The minimum atomic E-state index is -0.556. The van der Waals surface area contributed by atoms with Crippen LogP contribution in [-0.2, 0) is 5.41 Å². The summed E-state index contributed by atoms with van der Waals surface area (Å²) in [7, 11) is 0. The molecular weight excluding hydrogens is 665 g/mol. The van der Waals surface area contributed by atoms with Crippen LogP contribution in [0.2, 0.25) is 0 Å². The van der Waals surface area contributed by atoms with Crippen LogP contribution in [0.5, 0.6) is 0 Å². The molecule has 0 saturated carbocycles. The second-order valence-corrected chi connectivity index (χ2v) is 14.5. The molecule has 1 spiro atoms. The second-order valence-electron chi connectivity index (χ2n) is 14.5. The van der Waals surface area contributed by atoms with Crippen LogP contribution >= 0.6 is 0 Å². The van der Waals surface area contributed by atoms with E-state index in [1.807, 2.05) is 12.1 Å². The van der Waals surface area contributed by atoms with Crippen LogP contribution in [0.25, 0.3) is 78.4 Å². The molecular formula is C53H34N2. The van der Waals surface area contributed by atoms with E-state index in [9.17, 15) is 0 Å². The van der Waals surface area contributed by atoms with E-state index in [0.29, 0.717) is 5.82 Å². The summed E-state index contributed by atoms with van der Waals surface area (Å²) in [4.78, 5) is 10.5. The van der Waals surface area contributed by atoms with Crippen molar-refractivity contribution in [2.24, 2.45) is 0 Å². The number of hydrogen-bond donors (Lipinski definition) is 0. The van der Waals surface area contributed by atoms with E-state index < -0.39 is 5.41 Å². The smallest absolute Gasteiger partial charge is 0.160 e. The monoisotopic (exact) mass is 698 g/mol. The maximum atomic E-state index is 5.36. The predicted octanol–water partition coefficient (Wildman–Crippen LogP) is 13.2. The summed E-state index contributed by atoms with van der Waals surface area (Å²) in [5.41, 5.74) is 19.4. The molecule has 256 valence electrons. The molecule has 9 aromatic rings. The molecule has 0 unspecified atom stereocenters. The van der Waals surface area contributed by atoms with Crippen molar-refractivity contribution in [3.63, 3.8) is 0 Å². The quantitative estimate of drug-likeness (QED) is 0.183. The van der Waals surface area contributed by atoms with Gasteiger partial charge in [-0.25, -0.2) is 9.97 Å². The van der Waals surface area contributed by atoms with Crippen LogP contribution in [0.15, 0.2) is 206 Å². The normalized spacial score (nSPS) is 12.9. The lowest BCUT2D eigenvalue weighted by Gasteiger charge is -2.35. The average Bonchev–Trinajstić information content (AvgIpc) is 3.52. The van der Waals surface area contributed by atoms with E-state index in [0.717, 1.165) is 33.6 Å². The molecule has 1 heterocycles. The summed E-state index contributed by atoms with van der Waals surface area (Å²) in [5.74, 6) is 0.702. The Balaban J connectivity index is 1.18. The Morgan fingerprint density at radius 1 is 0.255 bits per heavy atom. The zero-order valence-corrected chi connectivity index (χ0v) is 30.0. The topological polar surface area (TPSA) is 25.8 Å². The van der Waals surface area contributed by atoms with E-state index in [4.69, 9.17) is 9.97 Å². The highest BCUT2D eigenvalue weighted by atomic mass is 14.9. The Morgan fingerprint density at radius 3 is 1.20 bits per heavy atom. The second kappa shape index (κ2) is 12.5. The highest BCUT2D eigenvalue weighted by molar-refractivity contribution is 5.98. The van der Waals surface area contributed by atoms with Crippen LogP contribution in [-0.4, -0.2) is 9.97 Å². The zero-order chi connectivity index (χ0) is 36.3. The third-order valence-electron chi connectivity index (χ3n) is 11.6. The SMILES string of the molecule is c1ccc(-c2ccc(-c3nc(-c4ccccc4)cc(-c4ccc5c(c4)C4(c6ccccc6-c6ccccc6-5)c5ccccc5-c5ccccc54)n3)cc2)cc1. The Morgan fingerprint density at radius 2 is 0.636 bits per heavy atom. The Bertz CT molecular complexity index is 2860. The van der Waals surface area contributed by atoms with E-state index in [-0.39, 0.29) is 0 Å². The van der Waals surface area contributed by atoms with Crippen LogP contribution < -0.4 is 0 Å². The molecule has 0 radical (unpaired) electrons. The van der Waals surface area contributed by atoms with Crippen molar-refractivity contribution in [1.29, 1.82) is 0 Å². The molecule has 1 aromatic heterocycles. The molecule has 0 aliphatic heterocycles. The third-order valence-corrected chi connectivity index (χ3v) is 11.6. The van der Waals surface area contributed by atoms with Crippen molar-refractivity contribution in [2.45, 2.75) is 5.41 Å². The van der Waals surface area contributed by atoms with Gasteiger partial charge in [0.15, 0.2) is 5.82 Å². The molecule has 0 saturated heterocycles. The lowest BCUT2D eigenvalue weighted by Crippen LogP contribution is -2.29. The predicted molar refractivity (Wildman–Crippen MR) is 226 cm³/mol. The standard InChI is InChI=1S/C53H34N2/c1-3-15-35(16-4-1)36-27-29-38(30-28-36)52-54-50(37-17-5-2-6-18-37)34-51(55-52)39-31-32-45-41-20-8-7-19-40(41)42-21-9-12-24-46(42)53(49(45)33-39)47-25-13-10-22-43(47)44-23-11-14-26-48(44)53/h1-34H. The van der Waals surface area contributed by atoms with E-state index >= 15 is 0 Å². The first kappa shape index (κ1) is 31.4. The van der Waals surface area contributed by atoms with Crippen molar-refractivity contribution < 1.29 is 0 Å². The van der Waals surface area contributed by atoms with Crippen molar-refractivity contribution in [3.8, 4) is 78.4 Å². The van der Waals surface area contributed by atoms with Gasteiger partial charge in [0, 0.05) is 16.7 Å². The van der Waals surface area contributed by atoms with Gasteiger partial charge in [-0.2, -0.15) is 0 Å². The van der Waals surface area contributed by atoms with E-state index in [1.165, 1.54) is 61.2 Å². The van der Waals surface area contributed by atoms with Crippen LogP contribution in [0.1, 0.15) is 22.3 Å². The minimum absolute atomic E-state index is 0.556. The van der Waals surface area contributed by atoms with Gasteiger partial charge in [-0.15, -0.1) is 0 Å². The fraction of sp³-hybridized carbons (Fsp3) is 0.0189. The number of aromatic nitrogens is 2. The lowest BCUT2D eigenvalue weighted by molar-refractivity contribution is 0.775. The highest BCUT2D eigenvalue weighted by Crippen LogP contribution is 2.61. The van der Waals surface area contributed by atoms with Gasteiger partial charge in [0.2, 0.25) is 0 Å². The molecule has 0 bridgehead atoms. The van der Waals surface area contributed by atoms with Gasteiger partial charge in [0.05, 0.1) is 16.8 Å². The zero-order valence-electron chi connectivity index (χ0n) is 30.0. The van der Waals surface area contributed by atoms with Gasteiger partial charge in [0.25, 0.3) is 0 Å². The summed E-state index contributed by atoms with van der Waals surface area (Å²) in [6.45, 7) is 0. The number of hydrogen-bond acceptors (Lipinski definition) is 2. The summed E-state index contributed by atoms with van der Waals surface area (Å²) >= 11 is 0. The summed E-state index contributed by atoms with van der Waals surface area (Å²) in [6.07, 6.45) is 0. The Hall–Kier alpha value is -7.16. The van der Waals surface area contributed by atoms with Crippen molar-refractivity contribution in [1.82, 2.24) is 9.97 Å². The third kappa shape index (κ3) is 4.82. The Kier molecular flexibility index (Phi) is 7.11. The van der Waals surface area contributed by atoms with E-state index in [1.54, 1.807) is 0 Å². The largest absolute Gasteiger partial charge is 0.228 e. The fourth-order valence-electron chi connectivity index (χ4n) is 9.13.